The topological polar surface area (TPSA) is 81.1 Å². The highest BCUT2D eigenvalue weighted by Gasteiger charge is 2.48. The molecular weight excluding hydrogens is 488 g/mol. The summed E-state index contributed by atoms with van der Waals surface area (Å²) in [5, 5.41) is 18.7. The molecule has 0 bridgehead atoms. The average molecular weight is 545 g/mol. The van der Waals surface area contributed by atoms with Gasteiger partial charge in [0.1, 0.15) is 0 Å². The van der Waals surface area contributed by atoms with Gasteiger partial charge >= 0.3 is 0 Å². The van der Waals surface area contributed by atoms with Gasteiger partial charge in [-0.1, -0.05) is 81.4 Å². The van der Waals surface area contributed by atoms with Gasteiger partial charge in [0, 0.05) is 37.7 Å². The van der Waals surface area contributed by atoms with Crippen LogP contribution in [0.1, 0.15) is 117 Å². The molecule has 0 aliphatic carbocycles. The van der Waals surface area contributed by atoms with Gasteiger partial charge in [-0.25, -0.2) is 0 Å². The lowest BCUT2D eigenvalue weighted by Crippen LogP contribution is -2.50. The first-order valence-corrected chi connectivity index (χ1v) is 14.8. The smallest absolute Gasteiger partial charge is 0.254 e. The lowest BCUT2D eigenvalue weighted by Gasteiger charge is -2.52. The number of aliphatic hydroxyl groups is 2. The van der Waals surface area contributed by atoms with E-state index in [1.54, 1.807) is 0 Å². The summed E-state index contributed by atoms with van der Waals surface area (Å²) in [4.78, 5) is 29.5. The molecule has 0 radical (unpaired) electrons. The van der Waals surface area contributed by atoms with E-state index >= 15 is 0 Å². The molecule has 1 aromatic rings. The Labute approximate surface area is 238 Å². The van der Waals surface area contributed by atoms with Gasteiger partial charge in [-0.15, -0.1) is 0 Å². The number of carbonyl (C=O) groups is 2. The molecular formula is C33H56N2O4. The third kappa shape index (κ3) is 8.29. The summed E-state index contributed by atoms with van der Waals surface area (Å²) in [6.45, 7) is 24.0. The van der Waals surface area contributed by atoms with E-state index in [0.29, 0.717) is 12.0 Å². The Morgan fingerprint density at radius 2 is 1.44 bits per heavy atom. The Morgan fingerprint density at radius 1 is 0.897 bits per heavy atom. The van der Waals surface area contributed by atoms with E-state index in [9.17, 15) is 19.8 Å². The van der Waals surface area contributed by atoms with Crippen molar-refractivity contribution in [2.75, 3.05) is 32.8 Å². The van der Waals surface area contributed by atoms with Gasteiger partial charge in [0.2, 0.25) is 5.91 Å². The van der Waals surface area contributed by atoms with E-state index in [0.717, 1.165) is 25.8 Å². The molecule has 6 heteroatoms. The fourth-order valence-corrected chi connectivity index (χ4v) is 6.10. The van der Waals surface area contributed by atoms with Crippen molar-refractivity contribution in [3.8, 4) is 0 Å². The average Bonchev–Trinajstić information content (AvgIpc) is 3.24. The number of hydrogen-bond acceptors (Lipinski definition) is 4. The molecule has 2 N–H and O–H groups in total. The fourth-order valence-electron chi connectivity index (χ4n) is 6.10. The lowest BCUT2D eigenvalue weighted by atomic mass is 9.54. The number of aliphatic hydroxyl groups excluding tert-OH is 2. The summed E-state index contributed by atoms with van der Waals surface area (Å²) in [5.74, 6) is 0.337. The zero-order valence-corrected chi connectivity index (χ0v) is 26.4. The second-order valence-electron chi connectivity index (χ2n) is 15.1. The minimum absolute atomic E-state index is 0.0239. The van der Waals surface area contributed by atoms with E-state index in [1.165, 1.54) is 10.5 Å². The third-order valence-electron chi connectivity index (χ3n) is 9.21. The highest BCUT2D eigenvalue weighted by Crippen LogP contribution is 2.56. The summed E-state index contributed by atoms with van der Waals surface area (Å²) >= 11 is 0. The maximum Gasteiger partial charge on any atom is 0.254 e. The zero-order valence-electron chi connectivity index (χ0n) is 26.4. The molecule has 2 amide bonds. The van der Waals surface area contributed by atoms with Crippen LogP contribution in [0.4, 0.5) is 0 Å². The molecule has 6 nitrogen and oxygen atoms in total. The highest BCUT2D eigenvalue weighted by molar-refractivity contribution is 5.94. The molecule has 1 saturated heterocycles. The van der Waals surface area contributed by atoms with E-state index < -0.39 is 0 Å². The molecule has 2 rings (SSSR count). The van der Waals surface area contributed by atoms with Crippen LogP contribution in [0.25, 0.3) is 0 Å². The van der Waals surface area contributed by atoms with Crippen LogP contribution in [-0.2, 0) is 4.79 Å². The highest BCUT2D eigenvalue weighted by atomic mass is 16.3. The molecule has 1 aromatic carbocycles. The van der Waals surface area contributed by atoms with Gasteiger partial charge < -0.3 is 20.0 Å². The normalized spacial score (nSPS) is 16.9. The predicted molar refractivity (Wildman–Crippen MR) is 160 cm³/mol. The van der Waals surface area contributed by atoms with Gasteiger partial charge in [-0.05, 0) is 64.5 Å². The number of hydrogen-bond donors (Lipinski definition) is 2. The minimum atomic E-state index is -0.181. The van der Waals surface area contributed by atoms with Gasteiger partial charge in [-0.3, -0.25) is 9.59 Å². The number of rotatable bonds is 12. The van der Waals surface area contributed by atoms with Crippen molar-refractivity contribution < 1.29 is 19.8 Å². The molecule has 222 valence electrons. The van der Waals surface area contributed by atoms with E-state index in [2.05, 4.69) is 86.3 Å². The minimum Gasteiger partial charge on any atom is -0.395 e. The Kier molecular flexibility index (Phi) is 10.9. The van der Waals surface area contributed by atoms with Crippen LogP contribution >= 0.6 is 0 Å². The number of nitrogens with zero attached hydrogens (tertiary/aromatic N) is 2. The molecule has 1 aliphatic rings. The van der Waals surface area contributed by atoms with Crippen molar-refractivity contribution >= 4 is 11.8 Å². The Hall–Kier alpha value is -1.92. The first-order valence-electron chi connectivity index (χ1n) is 14.8. The van der Waals surface area contributed by atoms with Gasteiger partial charge in [0.25, 0.3) is 5.91 Å². The third-order valence-corrected chi connectivity index (χ3v) is 9.21. The fraction of sp³-hybridized carbons (Fsp3) is 0.758. The van der Waals surface area contributed by atoms with E-state index in [-0.39, 0.29) is 71.7 Å². The number of benzene rings is 1. The van der Waals surface area contributed by atoms with Gasteiger partial charge in [0.05, 0.1) is 13.2 Å². The van der Waals surface area contributed by atoms with Crippen LogP contribution in [0, 0.1) is 21.7 Å². The molecule has 39 heavy (non-hydrogen) atoms. The molecule has 2 unspecified atom stereocenters. The van der Waals surface area contributed by atoms with Crippen molar-refractivity contribution in [1.82, 2.24) is 9.80 Å². The Bertz CT molecular complexity index is 947. The van der Waals surface area contributed by atoms with Crippen molar-refractivity contribution in [2.45, 2.75) is 107 Å². The van der Waals surface area contributed by atoms with Gasteiger partial charge in [0.15, 0.2) is 0 Å². The predicted octanol–water partition coefficient (Wildman–Crippen LogP) is 6.11. The maximum absolute atomic E-state index is 13.0. The first kappa shape index (κ1) is 33.3. The summed E-state index contributed by atoms with van der Waals surface area (Å²) in [5.41, 5.74) is 1.64. The summed E-state index contributed by atoms with van der Waals surface area (Å²) in [7, 11) is 0. The molecule has 1 heterocycles. The van der Waals surface area contributed by atoms with Crippen molar-refractivity contribution in [3.63, 3.8) is 0 Å². The molecule has 0 spiro atoms. The monoisotopic (exact) mass is 544 g/mol. The zero-order chi connectivity index (χ0) is 29.8. The van der Waals surface area contributed by atoms with Crippen LogP contribution in [-0.4, -0.2) is 70.7 Å². The van der Waals surface area contributed by atoms with Crippen molar-refractivity contribution in [3.05, 3.63) is 35.4 Å². The van der Waals surface area contributed by atoms with Crippen LogP contribution in [0.5, 0.6) is 0 Å². The van der Waals surface area contributed by atoms with Crippen LogP contribution < -0.4 is 0 Å². The van der Waals surface area contributed by atoms with E-state index in [1.807, 2.05) is 12.1 Å². The first-order chi connectivity index (χ1) is 17.9. The second kappa shape index (κ2) is 12.7. The van der Waals surface area contributed by atoms with Crippen LogP contribution in [0.15, 0.2) is 24.3 Å². The quantitative estimate of drug-likeness (QED) is 0.333. The van der Waals surface area contributed by atoms with Crippen LogP contribution in [0.3, 0.4) is 0 Å². The number of amides is 2. The SMILES string of the molecule is CC(C)(C)CC(c1ccc(C(=O)N(CCO)CCO)cc1)C(C)(C)C(C)(C)CC(N1CCCC1=O)C(C)(C)C. The number of likely N-dealkylation sites (tertiary alicyclic amines) is 1. The maximum atomic E-state index is 13.0. The van der Waals surface area contributed by atoms with Gasteiger partial charge in [-0.2, -0.15) is 0 Å². The standard InChI is InChI=1S/C33H56N2O4/c1-30(2,3)22-26(24-13-15-25(16-14-24)29(39)34(18-20-36)19-21-37)33(9,10)32(7,8)23-27(31(4,5)6)35-17-11-12-28(35)38/h13-16,26-27,36-37H,11-12,17-23H2,1-10H3. The Balaban J connectivity index is 2.45. The molecule has 2 atom stereocenters. The summed E-state index contributed by atoms with van der Waals surface area (Å²) in [6, 6.07) is 8.12. The van der Waals surface area contributed by atoms with E-state index in [4.69, 9.17) is 0 Å². The van der Waals surface area contributed by atoms with Crippen molar-refractivity contribution in [2.24, 2.45) is 21.7 Å². The van der Waals surface area contributed by atoms with Crippen LogP contribution in [0.2, 0.25) is 0 Å². The summed E-state index contributed by atoms with van der Waals surface area (Å²) in [6.07, 6.45) is 3.51. The Morgan fingerprint density at radius 3 is 1.85 bits per heavy atom. The number of carbonyl (C=O) groups excluding carboxylic acids is 2. The molecule has 0 aromatic heterocycles. The molecule has 1 aliphatic heterocycles. The molecule has 0 saturated carbocycles. The second-order valence-corrected chi connectivity index (χ2v) is 15.1. The van der Waals surface area contributed by atoms with Crippen molar-refractivity contribution in [1.29, 1.82) is 0 Å². The molecule has 1 fully saturated rings. The summed E-state index contributed by atoms with van der Waals surface area (Å²) < 4.78 is 0. The largest absolute Gasteiger partial charge is 0.395 e. The lowest BCUT2D eigenvalue weighted by molar-refractivity contribution is -0.133.